The molecule has 0 saturated carbocycles. The van der Waals surface area contributed by atoms with Crippen molar-refractivity contribution in [2.45, 2.75) is 37.9 Å². The van der Waals surface area contributed by atoms with E-state index in [1.807, 2.05) is 6.92 Å². The first-order chi connectivity index (χ1) is 14.8. The molecule has 3 rings (SSSR count). The molecule has 1 amide bonds. The van der Waals surface area contributed by atoms with Crippen molar-refractivity contribution in [3.63, 3.8) is 0 Å². The Hall–Kier alpha value is -2.94. The smallest absolute Gasteiger partial charge is 0.338 e. The molecular formula is C22H26N2O6S. The van der Waals surface area contributed by atoms with Crippen LogP contribution in [0.2, 0.25) is 0 Å². The zero-order valence-electron chi connectivity index (χ0n) is 18.0. The van der Waals surface area contributed by atoms with Crippen molar-refractivity contribution in [3.8, 4) is 5.75 Å². The number of carbonyl (C=O) groups excluding carboxylic acids is 3. The molecule has 1 fully saturated rings. The summed E-state index contributed by atoms with van der Waals surface area (Å²) < 4.78 is 15.7. The standard InChI is InChI=1S/C22H26N2O6S/c1-5-6-11-30-22(27)16-15(13-7-9-14(28-3)10-8-13)17(21(26)29-4)20-24(18(16)23)19(25)12(2)31-20/h7-10,12,15H,5-6,11,23H2,1-4H3. The Morgan fingerprint density at radius 2 is 1.81 bits per heavy atom. The number of amides is 1. The highest BCUT2D eigenvalue weighted by Crippen LogP contribution is 2.49. The predicted molar refractivity (Wildman–Crippen MR) is 116 cm³/mol. The summed E-state index contributed by atoms with van der Waals surface area (Å²) in [6.45, 7) is 3.92. The number of thioether (sulfide) groups is 1. The number of nitrogens with two attached hydrogens (primary N) is 1. The SMILES string of the molecule is CCCCOC(=O)C1=C(N)N2C(=O)C(C)SC2=C(C(=O)OC)C1c1ccc(OC)cc1. The molecule has 166 valence electrons. The monoisotopic (exact) mass is 446 g/mol. The van der Waals surface area contributed by atoms with Crippen LogP contribution in [0.3, 0.4) is 0 Å². The lowest BCUT2D eigenvalue weighted by molar-refractivity contribution is -0.139. The van der Waals surface area contributed by atoms with Crippen molar-refractivity contribution < 1.29 is 28.6 Å². The zero-order chi connectivity index (χ0) is 22.7. The minimum atomic E-state index is -0.843. The van der Waals surface area contributed by atoms with Crippen LogP contribution in [-0.2, 0) is 23.9 Å². The number of carbonyl (C=O) groups is 3. The molecule has 2 N–H and O–H groups in total. The Morgan fingerprint density at radius 3 is 2.39 bits per heavy atom. The molecule has 8 nitrogen and oxygen atoms in total. The molecule has 0 spiro atoms. The summed E-state index contributed by atoms with van der Waals surface area (Å²) in [5.41, 5.74) is 7.24. The Labute approximate surface area is 185 Å². The van der Waals surface area contributed by atoms with E-state index in [-0.39, 0.29) is 29.5 Å². The van der Waals surface area contributed by atoms with Gasteiger partial charge in [0.05, 0.1) is 48.2 Å². The fraction of sp³-hybridized carbons (Fsp3) is 0.409. The van der Waals surface area contributed by atoms with E-state index in [4.69, 9.17) is 19.9 Å². The summed E-state index contributed by atoms with van der Waals surface area (Å²) in [6.07, 6.45) is 1.53. The molecule has 1 aromatic carbocycles. The van der Waals surface area contributed by atoms with Crippen LogP contribution in [-0.4, -0.2) is 48.8 Å². The van der Waals surface area contributed by atoms with Crippen LogP contribution >= 0.6 is 11.8 Å². The predicted octanol–water partition coefficient (Wildman–Crippen LogP) is 2.65. The molecule has 2 aliphatic heterocycles. The van der Waals surface area contributed by atoms with Crippen molar-refractivity contribution in [3.05, 3.63) is 51.8 Å². The van der Waals surface area contributed by atoms with Gasteiger partial charge in [0.2, 0.25) is 5.91 Å². The van der Waals surface area contributed by atoms with Crippen LogP contribution in [0.1, 0.15) is 38.2 Å². The lowest BCUT2D eigenvalue weighted by Gasteiger charge is -2.33. The normalized spacial score (nSPS) is 20.6. The minimum absolute atomic E-state index is 0.0215. The van der Waals surface area contributed by atoms with Crippen molar-refractivity contribution in [1.82, 2.24) is 4.90 Å². The molecule has 2 heterocycles. The molecule has 0 aliphatic carbocycles. The Bertz CT molecular complexity index is 953. The molecule has 2 unspecified atom stereocenters. The number of nitrogens with zero attached hydrogens (tertiary/aromatic N) is 1. The largest absolute Gasteiger partial charge is 0.497 e. The number of methoxy groups -OCH3 is 2. The summed E-state index contributed by atoms with van der Waals surface area (Å²) in [6, 6.07) is 6.96. The van der Waals surface area contributed by atoms with E-state index in [1.54, 1.807) is 38.3 Å². The highest BCUT2D eigenvalue weighted by Gasteiger charge is 2.48. The third-order valence-electron chi connectivity index (χ3n) is 5.19. The number of fused-ring (bicyclic) bond motifs is 1. The number of esters is 2. The number of ether oxygens (including phenoxy) is 3. The molecule has 0 bridgehead atoms. The van der Waals surface area contributed by atoms with E-state index in [9.17, 15) is 14.4 Å². The van der Waals surface area contributed by atoms with Crippen LogP contribution in [0.15, 0.2) is 46.3 Å². The molecule has 2 atom stereocenters. The second-order valence-corrected chi connectivity index (χ2v) is 8.47. The highest BCUT2D eigenvalue weighted by atomic mass is 32.2. The topological polar surface area (TPSA) is 108 Å². The van der Waals surface area contributed by atoms with E-state index in [1.165, 1.54) is 23.8 Å². The van der Waals surface area contributed by atoms with Crippen LogP contribution in [0.25, 0.3) is 0 Å². The number of rotatable bonds is 7. The van der Waals surface area contributed by atoms with Gasteiger partial charge in [-0.15, -0.1) is 0 Å². The summed E-state index contributed by atoms with van der Waals surface area (Å²) in [4.78, 5) is 40.0. The van der Waals surface area contributed by atoms with Crippen LogP contribution in [0.5, 0.6) is 5.75 Å². The van der Waals surface area contributed by atoms with Crippen molar-refractivity contribution in [2.24, 2.45) is 5.73 Å². The fourth-order valence-corrected chi connectivity index (χ4v) is 4.72. The van der Waals surface area contributed by atoms with Gasteiger partial charge in [-0.3, -0.25) is 9.69 Å². The average Bonchev–Trinajstić information content (AvgIpc) is 3.07. The Balaban J connectivity index is 2.20. The lowest BCUT2D eigenvalue weighted by atomic mass is 9.82. The fourth-order valence-electron chi connectivity index (χ4n) is 3.55. The second-order valence-electron chi connectivity index (χ2n) is 7.14. The number of hydrogen-bond donors (Lipinski definition) is 1. The van der Waals surface area contributed by atoms with Gasteiger partial charge in [-0.05, 0) is 31.0 Å². The third-order valence-corrected chi connectivity index (χ3v) is 6.37. The average molecular weight is 447 g/mol. The number of unbranched alkanes of at least 4 members (excludes halogenated alkanes) is 1. The molecule has 0 aromatic heterocycles. The first kappa shape index (κ1) is 22.7. The molecule has 2 aliphatic rings. The first-order valence-electron chi connectivity index (χ1n) is 9.99. The molecule has 31 heavy (non-hydrogen) atoms. The van der Waals surface area contributed by atoms with Gasteiger partial charge in [-0.2, -0.15) is 0 Å². The maximum Gasteiger partial charge on any atom is 0.338 e. The summed E-state index contributed by atoms with van der Waals surface area (Å²) in [7, 11) is 2.81. The summed E-state index contributed by atoms with van der Waals surface area (Å²) in [5.74, 6) is -1.84. The molecule has 0 radical (unpaired) electrons. The first-order valence-corrected chi connectivity index (χ1v) is 10.9. The van der Waals surface area contributed by atoms with Crippen LogP contribution < -0.4 is 10.5 Å². The maximum atomic E-state index is 13.1. The molecule has 1 saturated heterocycles. The van der Waals surface area contributed by atoms with Gasteiger partial charge in [0.15, 0.2) is 0 Å². The Morgan fingerprint density at radius 1 is 1.13 bits per heavy atom. The third kappa shape index (κ3) is 4.14. The second kappa shape index (κ2) is 9.47. The van der Waals surface area contributed by atoms with Gasteiger partial charge in [-0.1, -0.05) is 37.2 Å². The van der Waals surface area contributed by atoms with E-state index >= 15 is 0 Å². The van der Waals surface area contributed by atoms with Crippen molar-refractivity contribution in [1.29, 1.82) is 0 Å². The van der Waals surface area contributed by atoms with E-state index < -0.39 is 23.1 Å². The van der Waals surface area contributed by atoms with E-state index in [0.29, 0.717) is 22.8 Å². The van der Waals surface area contributed by atoms with E-state index in [2.05, 4.69) is 0 Å². The van der Waals surface area contributed by atoms with Crippen molar-refractivity contribution >= 4 is 29.6 Å². The van der Waals surface area contributed by atoms with Gasteiger partial charge in [0.1, 0.15) is 11.6 Å². The summed E-state index contributed by atoms with van der Waals surface area (Å²) in [5, 5.41) is -0.0760. The van der Waals surface area contributed by atoms with Gasteiger partial charge >= 0.3 is 11.9 Å². The zero-order valence-corrected chi connectivity index (χ0v) is 18.8. The van der Waals surface area contributed by atoms with Gasteiger partial charge in [0, 0.05) is 0 Å². The van der Waals surface area contributed by atoms with Crippen LogP contribution in [0.4, 0.5) is 0 Å². The molecule has 9 heteroatoms. The lowest BCUT2D eigenvalue weighted by Crippen LogP contribution is -2.40. The number of hydrogen-bond acceptors (Lipinski definition) is 8. The quantitative estimate of drug-likeness (QED) is 0.503. The highest BCUT2D eigenvalue weighted by molar-refractivity contribution is 8.04. The molecular weight excluding hydrogens is 420 g/mol. The van der Waals surface area contributed by atoms with Gasteiger partial charge < -0.3 is 19.9 Å². The number of benzene rings is 1. The van der Waals surface area contributed by atoms with E-state index in [0.717, 1.165) is 6.42 Å². The van der Waals surface area contributed by atoms with Gasteiger partial charge in [-0.25, -0.2) is 9.59 Å². The Kier molecular flexibility index (Phi) is 6.94. The minimum Gasteiger partial charge on any atom is -0.497 e. The van der Waals surface area contributed by atoms with Gasteiger partial charge in [0.25, 0.3) is 0 Å². The molecule has 1 aromatic rings. The van der Waals surface area contributed by atoms with Crippen LogP contribution in [0, 0.1) is 0 Å². The summed E-state index contributed by atoms with van der Waals surface area (Å²) >= 11 is 1.22. The maximum absolute atomic E-state index is 13.1. The van der Waals surface area contributed by atoms with Crippen molar-refractivity contribution in [2.75, 3.05) is 20.8 Å².